The lowest BCUT2D eigenvalue weighted by molar-refractivity contribution is 0.339. The van der Waals surface area contributed by atoms with Crippen molar-refractivity contribution in [1.29, 1.82) is 0 Å². The molecule has 3 heteroatoms. The molecule has 0 saturated carbocycles. The van der Waals surface area contributed by atoms with E-state index in [0.717, 1.165) is 5.75 Å². The third kappa shape index (κ3) is 3.95. The van der Waals surface area contributed by atoms with E-state index in [1.165, 1.54) is 37.9 Å². The molecule has 1 heterocycles. The van der Waals surface area contributed by atoms with Crippen molar-refractivity contribution < 1.29 is 4.74 Å². The van der Waals surface area contributed by atoms with E-state index in [4.69, 9.17) is 4.74 Å². The average Bonchev–Trinajstić information content (AvgIpc) is 2.63. The van der Waals surface area contributed by atoms with E-state index in [1.807, 2.05) is 12.1 Å². The first-order valence-corrected chi connectivity index (χ1v) is 7.28. The van der Waals surface area contributed by atoms with Crippen LogP contribution >= 0.6 is 0 Å². The predicted octanol–water partition coefficient (Wildman–Crippen LogP) is 2.83. The summed E-state index contributed by atoms with van der Waals surface area (Å²) in [6, 6.07) is 9.25. The van der Waals surface area contributed by atoms with Gasteiger partial charge in [-0.15, -0.1) is 0 Å². The molecule has 2 unspecified atom stereocenters. The average molecular weight is 262 g/mol. The zero-order valence-corrected chi connectivity index (χ0v) is 12.4. The zero-order valence-electron chi connectivity index (χ0n) is 12.4. The monoisotopic (exact) mass is 262 g/mol. The normalized spacial score (nSPS) is 22.8. The summed E-state index contributed by atoms with van der Waals surface area (Å²) in [4.78, 5) is 2.43. The van der Waals surface area contributed by atoms with Crippen LogP contribution in [0.3, 0.4) is 0 Å². The van der Waals surface area contributed by atoms with Crippen molar-refractivity contribution in [2.45, 2.75) is 38.3 Å². The minimum absolute atomic E-state index is 0.338. The molecule has 19 heavy (non-hydrogen) atoms. The molecule has 0 radical (unpaired) electrons. The lowest BCUT2D eigenvalue weighted by atomic mass is 10.0. The molecule has 2 rings (SSSR count). The quantitative estimate of drug-likeness (QED) is 0.903. The molecule has 2 atom stereocenters. The summed E-state index contributed by atoms with van der Waals surface area (Å²) in [6.07, 6.45) is 3.78. The Hall–Kier alpha value is -1.06. The Labute approximate surface area is 116 Å². The molecule has 1 fully saturated rings. The molecule has 0 spiro atoms. The molecule has 1 aromatic rings. The van der Waals surface area contributed by atoms with Gasteiger partial charge < -0.3 is 15.0 Å². The van der Waals surface area contributed by atoms with Crippen molar-refractivity contribution >= 4 is 0 Å². The molecular weight excluding hydrogens is 236 g/mol. The van der Waals surface area contributed by atoms with Crippen molar-refractivity contribution in [2.24, 2.45) is 0 Å². The van der Waals surface area contributed by atoms with Crippen LogP contribution in [0.1, 0.15) is 37.8 Å². The van der Waals surface area contributed by atoms with Crippen molar-refractivity contribution in [3.8, 4) is 5.75 Å². The third-order valence-electron chi connectivity index (χ3n) is 4.04. The fourth-order valence-corrected chi connectivity index (χ4v) is 2.87. The van der Waals surface area contributed by atoms with Crippen LogP contribution in [-0.4, -0.2) is 38.2 Å². The first kappa shape index (κ1) is 14.4. The van der Waals surface area contributed by atoms with Gasteiger partial charge in [-0.3, -0.25) is 0 Å². The summed E-state index contributed by atoms with van der Waals surface area (Å²) >= 11 is 0. The Morgan fingerprint density at radius 1 is 1.26 bits per heavy atom. The van der Waals surface area contributed by atoms with E-state index >= 15 is 0 Å². The highest BCUT2D eigenvalue weighted by atomic mass is 16.5. The van der Waals surface area contributed by atoms with Gasteiger partial charge in [-0.25, -0.2) is 0 Å². The second-order valence-corrected chi connectivity index (χ2v) is 5.56. The number of para-hydroxylation sites is 1. The number of nitrogens with one attached hydrogen (secondary N) is 1. The molecular formula is C16H26N2O. The minimum atomic E-state index is 0.338. The molecule has 1 aliphatic rings. The summed E-state index contributed by atoms with van der Waals surface area (Å²) < 4.78 is 5.45. The van der Waals surface area contributed by atoms with Crippen LogP contribution < -0.4 is 10.1 Å². The van der Waals surface area contributed by atoms with Gasteiger partial charge in [-0.2, -0.15) is 0 Å². The predicted molar refractivity (Wildman–Crippen MR) is 79.7 cm³/mol. The van der Waals surface area contributed by atoms with Crippen molar-refractivity contribution in [3.05, 3.63) is 29.8 Å². The van der Waals surface area contributed by atoms with Crippen LogP contribution in [0.2, 0.25) is 0 Å². The van der Waals surface area contributed by atoms with Gasteiger partial charge in [0.2, 0.25) is 0 Å². The Bertz CT molecular complexity index is 394. The molecule has 1 saturated heterocycles. The van der Waals surface area contributed by atoms with Gasteiger partial charge in [-0.05, 0) is 52.4 Å². The van der Waals surface area contributed by atoms with Crippen molar-refractivity contribution in [2.75, 3.05) is 27.2 Å². The van der Waals surface area contributed by atoms with E-state index < -0.39 is 0 Å². The van der Waals surface area contributed by atoms with Crippen molar-refractivity contribution in [3.63, 3.8) is 0 Å². The van der Waals surface area contributed by atoms with Crippen LogP contribution in [0, 0.1) is 0 Å². The largest absolute Gasteiger partial charge is 0.496 e. The minimum Gasteiger partial charge on any atom is -0.496 e. The molecule has 0 aliphatic carbocycles. The summed E-state index contributed by atoms with van der Waals surface area (Å²) in [6.45, 7) is 4.64. The first-order chi connectivity index (χ1) is 9.20. The van der Waals surface area contributed by atoms with Gasteiger partial charge in [0.15, 0.2) is 0 Å². The van der Waals surface area contributed by atoms with Crippen LogP contribution in [0.15, 0.2) is 24.3 Å². The van der Waals surface area contributed by atoms with Crippen LogP contribution in [-0.2, 0) is 0 Å². The third-order valence-corrected chi connectivity index (χ3v) is 4.04. The highest BCUT2D eigenvalue weighted by molar-refractivity contribution is 5.35. The number of benzene rings is 1. The molecule has 1 N–H and O–H groups in total. The molecule has 0 bridgehead atoms. The maximum Gasteiger partial charge on any atom is 0.123 e. The maximum atomic E-state index is 5.45. The first-order valence-electron chi connectivity index (χ1n) is 7.28. The van der Waals surface area contributed by atoms with Crippen molar-refractivity contribution in [1.82, 2.24) is 10.2 Å². The second-order valence-electron chi connectivity index (χ2n) is 5.56. The van der Waals surface area contributed by atoms with E-state index in [0.29, 0.717) is 12.1 Å². The fraction of sp³-hybridized carbons (Fsp3) is 0.625. The summed E-state index contributed by atoms with van der Waals surface area (Å²) in [5, 5.41) is 3.76. The lowest BCUT2D eigenvalue weighted by Crippen LogP contribution is -2.32. The molecule has 0 amide bonds. The highest BCUT2D eigenvalue weighted by Gasteiger charge is 2.18. The SMILES string of the molecule is COc1ccccc1C(C)NC1CCCN(C)CC1. The number of ether oxygens (including phenoxy) is 1. The van der Waals surface area contributed by atoms with E-state index in [1.54, 1.807) is 7.11 Å². The molecule has 1 aliphatic heterocycles. The number of hydrogen-bond donors (Lipinski definition) is 1. The molecule has 1 aromatic carbocycles. The number of methoxy groups -OCH3 is 1. The molecule has 0 aromatic heterocycles. The fourth-order valence-electron chi connectivity index (χ4n) is 2.87. The van der Waals surface area contributed by atoms with Gasteiger partial charge >= 0.3 is 0 Å². The second kappa shape index (κ2) is 6.92. The van der Waals surface area contributed by atoms with Crippen LogP contribution in [0.25, 0.3) is 0 Å². The standard InChI is InChI=1S/C16H26N2O/c1-13(15-8-4-5-9-16(15)19-3)17-14-7-6-11-18(2)12-10-14/h4-5,8-9,13-14,17H,6-7,10-12H2,1-3H3. The van der Waals surface area contributed by atoms with E-state index in [9.17, 15) is 0 Å². The number of nitrogens with zero attached hydrogens (tertiary/aromatic N) is 1. The van der Waals surface area contributed by atoms with E-state index in [2.05, 4.69) is 36.3 Å². The Morgan fingerprint density at radius 3 is 2.84 bits per heavy atom. The Balaban J connectivity index is 1.98. The smallest absolute Gasteiger partial charge is 0.123 e. The van der Waals surface area contributed by atoms with Gasteiger partial charge in [-0.1, -0.05) is 18.2 Å². The Morgan fingerprint density at radius 2 is 2.05 bits per heavy atom. The molecule has 106 valence electrons. The van der Waals surface area contributed by atoms with Gasteiger partial charge in [0.05, 0.1) is 7.11 Å². The van der Waals surface area contributed by atoms with Gasteiger partial charge in [0.25, 0.3) is 0 Å². The van der Waals surface area contributed by atoms with Gasteiger partial charge in [0, 0.05) is 17.6 Å². The van der Waals surface area contributed by atoms with Crippen LogP contribution in [0.5, 0.6) is 5.75 Å². The summed E-state index contributed by atoms with van der Waals surface area (Å²) in [7, 11) is 3.96. The van der Waals surface area contributed by atoms with E-state index in [-0.39, 0.29) is 0 Å². The topological polar surface area (TPSA) is 24.5 Å². The van der Waals surface area contributed by atoms with Gasteiger partial charge in [0.1, 0.15) is 5.75 Å². The highest BCUT2D eigenvalue weighted by Crippen LogP contribution is 2.25. The summed E-state index contributed by atoms with van der Waals surface area (Å²) in [5.41, 5.74) is 1.25. The summed E-state index contributed by atoms with van der Waals surface area (Å²) in [5.74, 6) is 0.980. The number of likely N-dealkylation sites (tertiary alicyclic amines) is 1. The number of hydrogen-bond acceptors (Lipinski definition) is 3. The Kier molecular flexibility index (Phi) is 5.23. The zero-order chi connectivity index (χ0) is 13.7. The maximum absolute atomic E-state index is 5.45. The molecule has 3 nitrogen and oxygen atoms in total. The van der Waals surface area contributed by atoms with Crippen LogP contribution in [0.4, 0.5) is 0 Å². The lowest BCUT2D eigenvalue weighted by Gasteiger charge is -2.23. The number of rotatable bonds is 4.